The molecule has 2 aromatic rings. The van der Waals surface area contributed by atoms with Crippen molar-refractivity contribution in [3.8, 4) is 0 Å². The number of carbonyl (C=O) groups excluding carboxylic acids is 2. The Morgan fingerprint density at radius 1 is 0.778 bits per heavy atom. The topological polar surface area (TPSA) is 58.9 Å². The third-order valence-corrected chi connectivity index (χ3v) is 2.62. The van der Waals surface area contributed by atoms with Crippen molar-refractivity contribution in [1.82, 2.24) is 0 Å². The fourth-order valence-electron chi connectivity index (χ4n) is 1.79. The fraction of sp³-hybridized carbons (Fsp3) is 0.143. The third kappa shape index (κ3) is 2.77. The molecular weight excluding hydrogens is 228 g/mol. The molecule has 0 amide bonds. The van der Waals surface area contributed by atoms with Gasteiger partial charge in [-0.2, -0.15) is 0 Å². The van der Waals surface area contributed by atoms with Gasteiger partial charge < -0.3 is 0 Å². The van der Waals surface area contributed by atoms with Gasteiger partial charge in [-0.25, -0.2) is 19.6 Å². The average Bonchev–Trinajstić information content (AvgIpc) is 2.42. The molecule has 0 saturated heterocycles. The molecule has 0 saturated carbocycles. The molecule has 0 aliphatic heterocycles. The fourth-order valence-corrected chi connectivity index (χ4v) is 1.79. The molecule has 18 heavy (non-hydrogen) atoms. The molecule has 0 radical (unpaired) electrons. The molecule has 0 aromatic heterocycles. The molecule has 0 heterocycles. The summed E-state index contributed by atoms with van der Waals surface area (Å²) in [6, 6.07) is 11.7. The summed E-state index contributed by atoms with van der Waals surface area (Å²) in [5.41, 5.74) is 1.93. The van der Waals surface area contributed by atoms with Crippen molar-refractivity contribution in [1.29, 1.82) is 0 Å². The molecule has 0 unspecified atom stereocenters. The normalized spacial score (nSPS) is 9.56. The molecular formula is C14H10N2O2. The Morgan fingerprint density at radius 3 is 1.61 bits per heavy atom. The molecule has 0 atom stereocenters. The van der Waals surface area contributed by atoms with Crippen LogP contribution in [0.5, 0.6) is 0 Å². The van der Waals surface area contributed by atoms with Crippen LogP contribution < -0.4 is 0 Å². The van der Waals surface area contributed by atoms with Crippen LogP contribution in [0.3, 0.4) is 0 Å². The summed E-state index contributed by atoms with van der Waals surface area (Å²) in [6.45, 7) is 0.688. The predicted molar refractivity (Wildman–Crippen MR) is 67.6 cm³/mol. The van der Waals surface area contributed by atoms with Gasteiger partial charge in [0.25, 0.3) is 0 Å². The molecule has 0 bridgehead atoms. The van der Waals surface area contributed by atoms with E-state index in [2.05, 4.69) is 9.98 Å². The van der Waals surface area contributed by atoms with Gasteiger partial charge in [-0.3, -0.25) is 0 Å². The van der Waals surface area contributed by atoms with Crippen molar-refractivity contribution in [3.05, 3.63) is 47.5 Å². The summed E-state index contributed by atoms with van der Waals surface area (Å²) < 4.78 is 0. The molecule has 0 N–H and O–H groups in total. The van der Waals surface area contributed by atoms with E-state index in [4.69, 9.17) is 0 Å². The predicted octanol–water partition coefficient (Wildman–Crippen LogP) is 2.51. The standard InChI is InChI=1S/C14H10N2O2/c17-9-15-7-11-1-3-13-6-12(8-16-10-18)2-4-14(13)5-11/h1-6H,7-8H2. The van der Waals surface area contributed by atoms with Gasteiger partial charge in [-0.1, -0.05) is 24.3 Å². The lowest BCUT2D eigenvalue weighted by molar-refractivity contribution is 0.562. The smallest absolute Gasteiger partial charge is 0.211 e. The van der Waals surface area contributed by atoms with E-state index in [1.807, 2.05) is 36.4 Å². The lowest BCUT2D eigenvalue weighted by Crippen LogP contribution is -1.85. The molecule has 0 aliphatic carbocycles. The van der Waals surface area contributed by atoms with Crippen LogP contribution in [-0.4, -0.2) is 12.2 Å². The Balaban J connectivity index is 2.35. The first-order valence-electron chi connectivity index (χ1n) is 5.42. The average molecular weight is 238 g/mol. The summed E-state index contributed by atoms with van der Waals surface area (Å²) in [7, 11) is 0. The van der Waals surface area contributed by atoms with Crippen molar-refractivity contribution in [2.75, 3.05) is 0 Å². The Morgan fingerprint density at radius 2 is 1.22 bits per heavy atom. The van der Waals surface area contributed by atoms with Crippen LogP contribution in [0.4, 0.5) is 0 Å². The first-order valence-corrected chi connectivity index (χ1v) is 5.42. The van der Waals surface area contributed by atoms with Gasteiger partial charge in [-0.05, 0) is 34.0 Å². The summed E-state index contributed by atoms with van der Waals surface area (Å²) >= 11 is 0. The van der Waals surface area contributed by atoms with Crippen LogP contribution in [0.25, 0.3) is 10.8 Å². The minimum atomic E-state index is 0.344. The molecule has 0 fully saturated rings. The van der Waals surface area contributed by atoms with Crippen molar-refractivity contribution in [2.24, 2.45) is 9.98 Å². The van der Waals surface area contributed by atoms with Crippen molar-refractivity contribution in [2.45, 2.75) is 13.1 Å². The van der Waals surface area contributed by atoms with Crippen molar-refractivity contribution >= 4 is 22.9 Å². The van der Waals surface area contributed by atoms with E-state index in [-0.39, 0.29) is 0 Å². The van der Waals surface area contributed by atoms with Gasteiger partial charge in [0.2, 0.25) is 12.2 Å². The minimum Gasteiger partial charge on any atom is -0.211 e. The lowest BCUT2D eigenvalue weighted by atomic mass is 10.0. The van der Waals surface area contributed by atoms with E-state index in [1.165, 1.54) is 12.2 Å². The Kier molecular flexibility index (Phi) is 3.77. The van der Waals surface area contributed by atoms with Crippen LogP contribution in [0, 0.1) is 0 Å². The van der Waals surface area contributed by atoms with E-state index >= 15 is 0 Å². The Hall–Kier alpha value is -2.54. The zero-order valence-electron chi connectivity index (χ0n) is 9.59. The number of nitrogens with zero attached hydrogens (tertiary/aromatic N) is 2. The highest BCUT2D eigenvalue weighted by molar-refractivity contribution is 5.83. The van der Waals surface area contributed by atoms with E-state index in [1.54, 1.807) is 0 Å². The number of isocyanates is 2. The third-order valence-electron chi connectivity index (χ3n) is 2.62. The molecule has 2 aromatic carbocycles. The second-order valence-corrected chi connectivity index (χ2v) is 3.83. The second-order valence-electron chi connectivity index (χ2n) is 3.83. The van der Waals surface area contributed by atoms with Gasteiger partial charge in [0, 0.05) is 0 Å². The summed E-state index contributed by atoms with van der Waals surface area (Å²) in [5, 5.41) is 2.12. The maximum Gasteiger partial charge on any atom is 0.235 e. The number of aliphatic imine (C=N–C) groups is 2. The van der Waals surface area contributed by atoms with Crippen LogP contribution in [0.1, 0.15) is 11.1 Å². The number of hydrogen-bond donors (Lipinski definition) is 0. The Bertz CT molecular complexity index is 607. The van der Waals surface area contributed by atoms with Gasteiger partial charge in [0.1, 0.15) is 0 Å². The zero-order valence-corrected chi connectivity index (χ0v) is 9.59. The van der Waals surface area contributed by atoms with Crippen LogP contribution in [0.2, 0.25) is 0 Å². The first kappa shape index (κ1) is 11.9. The van der Waals surface area contributed by atoms with Crippen LogP contribution in [0.15, 0.2) is 46.4 Å². The van der Waals surface area contributed by atoms with E-state index in [9.17, 15) is 9.59 Å². The van der Waals surface area contributed by atoms with Crippen LogP contribution >= 0.6 is 0 Å². The molecule has 88 valence electrons. The molecule has 4 nitrogen and oxygen atoms in total. The number of hydrogen-bond acceptors (Lipinski definition) is 4. The second kappa shape index (κ2) is 5.69. The van der Waals surface area contributed by atoms with E-state index in [0.29, 0.717) is 13.1 Å². The van der Waals surface area contributed by atoms with Crippen LogP contribution in [-0.2, 0) is 22.7 Å². The highest BCUT2D eigenvalue weighted by atomic mass is 16.1. The van der Waals surface area contributed by atoms with Gasteiger partial charge in [-0.15, -0.1) is 0 Å². The monoisotopic (exact) mass is 238 g/mol. The van der Waals surface area contributed by atoms with Gasteiger partial charge in [0.15, 0.2) is 0 Å². The number of fused-ring (bicyclic) bond motifs is 1. The first-order chi connectivity index (χ1) is 8.83. The lowest BCUT2D eigenvalue weighted by Gasteiger charge is -2.02. The molecule has 4 heteroatoms. The maximum atomic E-state index is 10.1. The summed E-state index contributed by atoms with van der Waals surface area (Å²) in [4.78, 5) is 27.2. The summed E-state index contributed by atoms with van der Waals surface area (Å²) in [5.74, 6) is 0. The SMILES string of the molecule is O=C=NCc1ccc2cc(CN=C=O)ccc2c1. The maximum absolute atomic E-state index is 10.1. The molecule has 0 spiro atoms. The molecule has 0 aliphatic rings. The van der Waals surface area contributed by atoms with Crippen molar-refractivity contribution < 1.29 is 9.59 Å². The van der Waals surface area contributed by atoms with Crippen molar-refractivity contribution in [3.63, 3.8) is 0 Å². The van der Waals surface area contributed by atoms with Gasteiger partial charge >= 0.3 is 0 Å². The molecule has 2 rings (SSSR count). The highest BCUT2D eigenvalue weighted by Gasteiger charge is 1.98. The summed E-state index contributed by atoms with van der Waals surface area (Å²) in [6.07, 6.45) is 3.05. The van der Waals surface area contributed by atoms with Gasteiger partial charge in [0.05, 0.1) is 13.1 Å². The van der Waals surface area contributed by atoms with E-state index in [0.717, 1.165) is 21.9 Å². The Labute approximate surface area is 104 Å². The quantitative estimate of drug-likeness (QED) is 0.607. The zero-order chi connectivity index (χ0) is 12.8. The number of rotatable bonds is 4. The largest absolute Gasteiger partial charge is 0.235 e. The van der Waals surface area contributed by atoms with E-state index < -0.39 is 0 Å². The number of benzene rings is 2. The highest BCUT2D eigenvalue weighted by Crippen LogP contribution is 2.18. The minimum absolute atomic E-state index is 0.344.